The van der Waals surface area contributed by atoms with E-state index in [4.69, 9.17) is 10.5 Å². The van der Waals surface area contributed by atoms with Gasteiger partial charge in [0.1, 0.15) is 5.75 Å². The summed E-state index contributed by atoms with van der Waals surface area (Å²) in [5, 5.41) is 1.17. The van der Waals surface area contributed by atoms with Crippen LogP contribution < -0.4 is 10.5 Å². The molecule has 1 unspecified atom stereocenters. The highest BCUT2D eigenvalue weighted by Crippen LogP contribution is 2.31. The number of benzene rings is 1. The van der Waals surface area contributed by atoms with Crippen molar-refractivity contribution in [2.24, 2.45) is 5.73 Å². The summed E-state index contributed by atoms with van der Waals surface area (Å²) in [7, 11) is 1.68. The van der Waals surface area contributed by atoms with E-state index < -0.39 is 0 Å². The number of fused-ring (bicyclic) bond motifs is 1. The maximum Gasteiger partial charge on any atom is 0.234 e. The van der Waals surface area contributed by atoms with Crippen LogP contribution in [0.15, 0.2) is 30.5 Å². The summed E-state index contributed by atoms with van der Waals surface area (Å²) in [5.74, 6) is 0.586. The number of nitrogens with zero attached hydrogens (tertiary/aromatic N) is 1. The Morgan fingerprint density at radius 1 is 1.45 bits per heavy atom. The summed E-state index contributed by atoms with van der Waals surface area (Å²) >= 11 is 0. The average molecular weight is 299 g/mol. The largest absolute Gasteiger partial charge is 0.497 e. The Kier molecular flexibility index (Phi) is 3.90. The van der Waals surface area contributed by atoms with Gasteiger partial charge in [0.2, 0.25) is 5.91 Å². The molecule has 3 rings (SSSR count). The first-order valence-electron chi connectivity index (χ1n) is 7.48. The van der Waals surface area contributed by atoms with E-state index in [2.05, 4.69) is 22.0 Å². The van der Waals surface area contributed by atoms with Crippen molar-refractivity contribution >= 4 is 22.4 Å². The van der Waals surface area contributed by atoms with Gasteiger partial charge < -0.3 is 15.5 Å². The molecule has 1 aromatic heterocycles. The van der Waals surface area contributed by atoms with Crippen molar-refractivity contribution in [1.82, 2.24) is 9.88 Å². The van der Waals surface area contributed by atoms with Crippen LogP contribution in [-0.4, -0.2) is 42.0 Å². The first-order chi connectivity index (χ1) is 10.6. The van der Waals surface area contributed by atoms with E-state index in [1.807, 2.05) is 25.3 Å². The Balaban J connectivity index is 1.88. The Morgan fingerprint density at radius 2 is 2.27 bits per heavy atom. The Bertz CT molecular complexity index is 733. The number of primary amides is 1. The minimum atomic E-state index is -0.270. The third-order valence-corrected chi connectivity index (χ3v) is 4.43. The van der Waals surface area contributed by atoms with Crippen molar-refractivity contribution in [3.05, 3.63) is 36.0 Å². The van der Waals surface area contributed by atoms with Gasteiger partial charge in [-0.05, 0) is 37.1 Å². The highest BCUT2D eigenvalue weighted by atomic mass is 16.5. The first kappa shape index (κ1) is 14.7. The van der Waals surface area contributed by atoms with E-state index in [0.717, 1.165) is 30.8 Å². The highest BCUT2D eigenvalue weighted by Gasteiger charge is 2.22. The molecule has 2 aromatic rings. The zero-order valence-electron chi connectivity index (χ0n) is 12.9. The molecule has 22 heavy (non-hydrogen) atoms. The first-order valence-corrected chi connectivity index (χ1v) is 7.48. The molecule has 2 heterocycles. The third kappa shape index (κ3) is 2.60. The van der Waals surface area contributed by atoms with Crippen LogP contribution in [0.1, 0.15) is 18.9 Å². The molecule has 5 heteroatoms. The lowest BCUT2D eigenvalue weighted by molar-refractivity contribution is -0.122. The third-order valence-electron chi connectivity index (χ3n) is 4.43. The molecule has 0 radical (unpaired) electrons. The van der Waals surface area contributed by atoms with Crippen molar-refractivity contribution < 1.29 is 9.53 Å². The molecule has 1 aliphatic heterocycles. The number of methoxy groups -OCH3 is 1. The topological polar surface area (TPSA) is 71.3 Å². The molecule has 0 saturated heterocycles. The van der Waals surface area contributed by atoms with Crippen molar-refractivity contribution in [2.75, 3.05) is 20.2 Å². The molecule has 0 saturated carbocycles. The van der Waals surface area contributed by atoms with Gasteiger partial charge >= 0.3 is 0 Å². The summed E-state index contributed by atoms with van der Waals surface area (Å²) in [4.78, 5) is 16.7. The summed E-state index contributed by atoms with van der Waals surface area (Å²) in [6.07, 6.45) is 5.13. The SMILES string of the molecule is COc1ccc2[nH]cc(C3=CCN(C(C)C(N)=O)CC3)c2c1. The number of nitrogens with one attached hydrogen (secondary N) is 1. The number of H-pyrrole nitrogens is 1. The fourth-order valence-electron chi connectivity index (χ4n) is 2.95. The lowest BCUT2D eigenvalue weighted by Crippen LogP contribution is -2.44. The van der Waals surface area contributed by atoms with Crippen LogP contribution in [0.3, 0.4) is 0 Å². The van der Waals surface area contributed by atoms with Gasteiger partial charge in [-0.15, -0.1) is 0 Å². The monoisotopic (exact) mass is 299 g/mol. The number of ether oxygens (including phenoxy) is 1. The van der Waals surface area contributed by atoms with Crippen molar-refractivity contribution in [3.8, 4) is 5.75 Å². The zero-order valence-corrected chi connectivity index (χ0v) is 12.9. The maximum atomic E-state index is 11.3. The number of amides is 1. The molecule has 1 aromatic carbocycles. The molecule has 5 nitrogen and oxygen atoms in total. The summed E-state index contributed by atoms with van der Waals surface area (Å²) in [6.45, 7) is 3.44. The Morgan fingerprint density at radius 3 is 2.91 bits per heavy atom. The molecule has 0 aliphatic carbocycles. The van der Waals surface area contributed by atoms with E-state index in [1.165, 1.54) is 16.5 Å². The van der Waals surface area contributed by atoms with Gasteiger partial charge in [0.15, 0.2) is 0 Å². The summed E-state index contributed by atoms with van der Waals surface area (Å²) in [5.41, 5.74) is 8.99. The summed E-state index contributed by atoms with van der Waals surface area (Å²) < 4.78 is 5.32. The number of aromatic nitrogens is 1. The predicted octanol–water partition coefficient (Wildman–Crippen LogP) is 2.14. The van der Waals surface area contributed by atoms with Gasteiger partial charge in [-0.25, -0.2) is 0 Å². The lowest BCUT2D eigenvalue weighted by atomic mass is 9.98. The number of rotatable bonds is 4. The number of carbonyl (C=O) groups excluding carboxylic acids is 1. The molecular formula is C17H21N3O2. The van der Waals surface area contributed by atoms with Crippen LogP contribution in [0.4, 0.5) is 0 Å². The Hall–Kier alpha value is -2.27. The zero-order chi connectivity index (χ0) is 15.7. The second-order valence-corrected chi connectivity index (χ2v) is 5.67. The van der Waals surface area contributed by atoms with Crippen LogP contribution in [0.2, 0.25) is 0 Å². The van der Waals surface area contributed by atoms with Gasteiger partial charge in [0.25, 0.3) is 0 Å². The minimum Gasteiger partial charge on any atom is -0.497 e. The maximum absolute atomic E-state index is 11.3. The van der Waals surface area contributed by atoms with Crippen LogP contribution in [0.5, 0.6) is 5.75 Å². The second kappa shape index (κ2) is 5.85. The van der Waals surface area contributed by atoms with Gasteiger partial charge in [-0.1, -0.05) is 6.08 Å². The van der Waals surface area contributed by atoms with E-state index >= 15 is 0 Å². The smallest absolute Gasteiger partial charge is 0.234 e. The molecule has 1 amide bonds. The number of aromatic amines is 1. The lowest BCUT2D eigenvalue weighted by Gasteiger charge is -2.29. The van der Waals surface area contributed by atoms with Crippen LogP contribution in [-0.2, 0) is 4.79 Å². The molecule has 0 bridgehead atoms. The number of hydrogen-bond donors (Lipinski definition) is 2. The fraction of sp³-hybridized carbons (Fsp3) is 0.353. The molecule has 3 N–H and O–H groups in total. The molecule has 1 aliphatic rings. The van der Waals surface area contributed by atoms with Crippen molar-refractivity contribution in [1.29, 1.82) is 0 Å². The fourth-order valence-corrected chi connectivity index (χ4v) is 2.95. The van der Waals surface area contributed by atoms with Crippen LogP contribution in [0.25, 0.3) is 16.5 Å². The number of carbonyl (C=O) groups is 1. The molecule has 116 valence electrons. The van der Waals surface area contributed by atoms with Crippen LogP contribution >= 0.6 is 0 Å². The minimum absolute atomic E-state index is 0.221. The standard InChI is InChI=1S/C17H21N3O2/c1-11(17(18)21)20-7-5-12(6-8-20)15-10-19-16-4-3-13(22-2)9-14(15)16/h3-5,9-11,19H,6-8H2,1-2H3,(H2,18,21). The van der Waals surface area contributed by atoms with Crippen molar-refractivity contribution in [3.63, 3.8) is 0 Å². The van der Waals surface area contributed by atoms with Crippen LogP contribution in [0, 0.1) is 0 Å². The molecule has 1 atom stereocenters. The normalized spacial score (nSPS) is 17.3. The molecule has 0 fully saturated rings. The van der Waals surface area contributed by atoms with Gasteiger partial charge in [-0.2, -0.15) is 0 Å². The molecular weight excluding hydrogens is 278 g/mol. The number of hydrogen-bond acceptors (Lipinski definition) is 3. The summed E-state index contributed by atoms with van der Waals surface area (Å²) in [6, 6.07) is 5.82. The van der Waals surface area contributed by atoms with Crippen molar-refractivity contribution in [2.45, 2.75) is 19.4 Å². The van der Waals surface area contributed by atoms with E-state index in [9.17, 15) is 4.79 Å². The quantitative estimate of drug-likeness (QED) is 0.908. The Labute approximate surface area is 129 Å². The average Bonchev–Trinajstić information content (AvgIpc) is 2.97. The van der Waals surface area contributed by atoms with Gasteiger partial charge in [0.05, 0.1) is 13.2 Å². The van der Waals surface area contributed by atoms with Gasteiger partial charge in [0, 0.05) is 35.8 Å². The van der Waals surface area contributed by atoms with E-state index in [-0.39, 0.29) is 11.9 Å². The second-order valence-electron chi connectivity index (χ2n) is 5.67. The van der Waals surface area contributed by atoms with E-state index in [1.54, 1.807) is 7.11 Å². The van der Waals surface area contributed by atoms with Gasteiger partial charge in [-0.3, -0.25) is 9.69 Å². The van der Waals surface area contributed by atoms with E-state index in [0.29, 0.717) is 0 Å². The molecule has 0 spiro atoms. The number of nitrogens with two attached hydrogens (primary N) is 1. The highest BCUT2D eigenvalue weighted by molar-refractivity contribution is 5.93. The predicted molar refractivity (Wildman–Crippen MR) is 87.7 cm³/mol.